The summed E-state index contributed by atoms with van der Waals surface area (Å²) in [5.41, 5.74) is 0. The minimum Gasteiger partial charge on any atom is -0.477 e. The van der Waals surface area contributed by atoms with Crippen molar-refractivity contribution in [2.75, 3.05) is 41.0 Å². The molecular formula is C49H84NO7+. The molecule has 0 aliphatic rings. The number of ether oxygens (including phenoxy) is 3. The van der Waals surface area contributed by atoms with E-state index < -0.39 is 18.1 Å². The molecule has 2 unspecified atom stereocenters. The average Bonchev–Trinajstić information content (AvgIpc) is 3.17. The maximum atomic E-state index is 12.7. The number of carbonyl (C=O) groups excluding carboxylic acids is 2. The first-order chi connectivity index (χ1) is 27.6. The SMILES string of the molecule is CC/C=C/C/C=C/C/C=C/C/C=C/C/C=C/CCC(=O)OC(COCCC(C(=O)O)[N+](C)(C)C)COC(=O)CCCCCCCCC/C=C/CCCCCCCC. The molecule has 0 bridgehead atoms. The van der Waals surface area contributed by atoms with E-state index in [9.17, 15) is 19.5 Å². The molecule has 326 valence electrons. The lowest BCUT2D eigenvalue weighted by Gasteiger charge is -2.31. The van der Waals surface area contributed by atoms with Crippen molar-refractivity contribution in [2.24, 2.45) is 0 Å². The smallest absolute Gasteiger partial charge is 0.362 e. The zero-order chi connectivity index (χ0) is 42.1. The highest BCUT2D eigenvalue weighted by Gasteiger charge is 2.31. The largest absolute Gasteiger partial charge is 0.477 e. The lowest BCUT2D eigenvalue weighted by Crippen LogP contribution is -2.50. The van der Waals surface area contributed by atoms with Gasteiger partial charge >= 0.3 is 17.9 Å². The van der Waals surface area contributed by atoms with Crippen LogP contribution < -0.4 is 0 Å². The van der Waals surface area contributed by atoms with Gasteiger partial charge < -0.3 is 23.8 Å². The number of likely N-dealkylation sites (N-methyl/N-ethyl adjacent to an activating group) is 1. The molecule has 0 aromatic carbocycles. The molecule has 0 heterocycles. The quantitative estimate of drug-likeness (QED) is 0.0286. The zero-order valence-electron chi connectivity index (χ0n) is 37.0. The molecule has 0 aliphatic carbocycles. The van der Waals surface area contributed by atoms with E-state index in [-0.39, 0.29) is 42.7 Å². The van der Waals surface area contributed by atoms with Crippen LogP contribution in [0.15, 0.2) is 72.9 Å². The van der Waals surface area contributed by atoms with Crippen LogP contribution in [0.25, 0.3) is 0 Å². The van der Waals surface area contributed by atoms with Gasteiger partial charge in [0.25, 0.3) is 0 Å². The molecule has 0 aromatic heterocycles. The van der Waals surface area contributed by atoms with Crippen molar-refractivity contribution in [3.63, 3.8) is 0 Å². The van der Waals surface area contributed by atoms with Crippen molar-refractivity contribution in [1.29, 1.82) is 0 Å². The average molecular weight is 799 g/mol. The van der Waals surface area contributed by atoms with Crippen molar-refractivity contribution in [3.05, 3.63) is 72.9 Å². The minimum absolute atomic E-state index is 0.0269. The van der Waals surface area contributed by atoms with Gasteiger partial charge in [-0.1, -0.05) is 151 Å². The summed E-state index contributed by atoms with van der Waals surface area (Å²) in [5.74, 6) is -1.59. The number of aliphatic carboxylic acids is 1. The van der Waals surface area contributed by atoms with Crippen molar-refractivity contribution < 1.29 is 38.2 Å². The van der Waals surface area contributed by atoms with Crippen LogP contribution in [0.4, 0.5) is 0 Å². The predicted octanol–water partition coefficient (Wildman–Crippen LogP) is 12.4. The molecule has 0 fully saturated rings. The maximum absolute atomic E-state index is 12.7. The Hall–Kier alpha value is -3.23. The molecule has 0 rings (SSSR count). The molecule has 57 heavy (non-hydrogen) atoms. The van der Waals surface area contributed by atoms with Gasteiger partial charge in [-0.2, -0.15) is 0 Å². The highest BCUT2D eigenvalue weighted by Crippen LogP contribution is 2.13. The number of hydrogen-bond acceptors (Lipinski definition) is 6. The number of allylic oxidation sites excluding steroid dienone is 12. The first-order valence-electron chi connectivity index (χ1n) is 22.5. The molecule has 0 saturated carbocycles. The van der Waals surface area contributed by atoms with Crippen LogP contribution >= 0.6 is 0 Å². The van der Waals surface area contributed by atoms with E-state index in [0.29, 0.717) is 19.3 Å². The predicted molar refractivity (Wildman–Crippen MR) is 238 cm³/mol. The van der Waals surface area contributed by atoms with Crippen molar-refractivity contribution in [1.82, 2.24) is 0 Å². The Morgan fingerprint density at radius 2 is 1.02 bits per heavy atom. The van der Waals surface area contributed by atoms with Crippen LogP contribution in [0.5, 0.6) is 0 Å². The summed E-state index contributed by atoms with van der Waals surface area (Å²) in [4.78, 5) is 37.0. The summed E-state index contributed by atoms with van der Waals surface area (Å²) >= 11 is 0. The van der Waals surface area contributed by atoms with Crippen molar-refractivity contribution in [3.8, 4) is 0 Å². The fraction of sp³-hybridized carbons (Fsp3) is 0.694. The monoisotopic (exact) mass is 799 g/mol. The molecule has 8 heteroatoms. The Kier molecular flexibility index (Phi) is 37.3. The van der Waals surface area contributed by atoms with Crippen LogP contribution in [0.2, 0.25) is 0 Å². The topological polar surface area (TPSA) is 99.1 Å². The highest BCUT2D eigenvalue weighted by atomic mass is 16.6. The molecule has 0 saturated heterocycles. The number of rotatable bonds is 39. The fourth-order valence-corrected chi connectivity index (χ4v) is 6.13. The minimum atomic E-state index is -0.889. The van der Waals surface area contributed by atoms with Gasteiger partial charge in [0.1, 0.15) is 6.61 Å². The summed E-state index contributed by atoms with van der Waals surface area (Å²) in [5, 5.41) is 9.62. The van der Waals surface area contributed by atoms with Crippen molar-refractivity contribution >= 4 is 17.9 Å². The van der Waals surface area contributed by atoms with E-state index in [1.807, 2.05) is 33.3 Å². The first-order valence-corrected chi connectivity index (χ1v) is 22.5. The molecule has 2 atom stereocenters. The Bertz CT molecular complexity index is 1160. The number of carbonyl (C=O) groups is 3. The molecule has 0 aliphatic heterocycles. The highest BCUT2D eigenvalue weighted by molar-refractivity contribution is 5.72. The molecule has 0 spiro atoms. The van der Waals surface area contributed by atoms with Crippen LogP contribution in [0.1, 0.15) is 168 Å². The van der Waals surface area contributed by atoms with Gasteiger partial charge in [0, 0.05) is 19.3 Å². The van der Waals surface area contributed by atoms with Gasteiger partial charge in [-0.05, 0) is 70.6 Å². The van der Waals surface area contributed by atoms with Crippen LogP contribution in [0, 0.1) is 0 Å². The Balaban J connectivity index is 4.45. The second-order valence-electron chi connectivity index (χ2n) is 15.9. The summed E-state index contributed by atoms with van der Waals surface area (Å²) in [6.07, 6.45) is 49.6. The van der Waals surface area contributed by atoms with Crippen LogP contribution in [0.3, 0.4) is 0 Å². The van der Waals surface area contributed by atoms with E-state index in [2.05, 4.69) is 74.6 Å². The molecular weight excluding hydrogens is 715 g/mol. The van der Waals surface area contributed by atoms with Gasteiger partial charge in [0.05, 0.1) is 34.4 Å². The number of hydrogen-bond donors (Lipinski definition) is 1. The number of quaternary nitrogens is 1. The second kappa shape index (κ2) is 39.6. The van der Waals surface area contributed by atoms with Crippen LogP contribution in [-0.2, 0) is 28.6 Å². The fourth-order valence-electron chi connectivity index (χ4n) is 6.13. The molecule has 8 nitrogen and oxygen atoms in total. The van der Waals surface area contributed by atoms with Gasteiger partial charge in [0.15, 0.2) is 12.1 Å². The lowest BCUT2D eigenvalue weighted by molar-refractivity contribution is -0.887. The van der Waals surface area contributed by atoms with Gasteiger partial charge in [-0.15, -0.1) is 0 Å². The van der Waals surface area contributed by atoms with Gasteiger partial charge in [-0.3, -0.25) is 9.59 Å². The number of unbranched alkanes of at least 4 members (excludes halogenated alkanes) is 13. The van der Waals surface area contributed by atoms with E-state index in [0.717, 1.165) is 51.4 Å². The van der Waals surface area contributed by atoms with Gasteiger partial charge in [0.2, 0.25) is 0 Å². The zero-order valence-corrected chi connectivity index (χ0v) is 37.0. The molecule has 0 radical (unpaired) electrons. The summed E-state index contributed by atoms with van der Waals surface area (Å²) in [7, 11) is 5.49. The summed E-state index contributed by atoms with van der Waals surface area (Å²) in [6.45, 7) is 4.52. The number of carboxylic acid groups (broad SMARTS) is 1. The summed E-state index contributed by atoms with van der Waals surface area (Å²) < 4.78 is 17.2. The van der Waals surface area contributed by atoms with E-state index in [1.54, 1.807) is 0 Å². The Morgan fingerprint density at radius 1 is 0.544 bits per heavy atom. The van der Waals surface area contributed by atoms with Gasteiger partial charge in [-0.25, -0.2) is 4.79 Å². The third kappa shape index (κ3) is 38.1. The van der Waals surface area contributed by atoms with E-state index in [1.165, 1.54) is 77.0 Å². The Morgan fingerprint density at radius 3 is 1.53 bits per heavy atom. The third-order valence-corrected chi connectivity index (χ3v) is 9.60. The number of carboxylic acids is 1. The number of nitrogens with zero attached hydrogens (tertiary/aromatic N) is 1. The Labute approximate surface area is 349 Å². The molecule has 0 aromatic rings. The normalized spacial score (nSPS) is 13.6. The standard InChI is InChI=1S/C49H83NO7/c1-6-8-10-12-14-16-18-20-22-24-26-27-29-31-33-35-37-39-47(51)56-44-45(43-55-42-41-46(49(53)54)50(3,4)5)57-48(52)40-38-36-34-32-30-28-25-23-21-19-17-15-13-11-9-7-2/h9,11,15,17,20-23,28,30,34,36,45-46H,6-8,10,12-14,16,18-19,24-27,29,31-33,35,37-44H2,1-5H3/p+1/b11-9+,17-15+,22-20+,23-21+,30-28+,36-34+. The maximum Gasteiger partial charge on any atom is 0.362 e. The van der Waals surface area contributed by atoms with Crippen molar-refractivity contribution in [2.45, 2.75) is 180 Å². The first kappa shape index (κ1) is 53.8. The lowest BCUT2D eigenvalue weighted by atomic mass is 10.1. The molecule has 0 amide bonds. The summed E-state index contributed by atoms with van der Waals surface area (Å²) in [6, 6.07) is -0.631. The van der Waals surface area contributed by atoms with E-state index >= 15 is 0 Å². The van der Waals surface area contributed by atoms with E-state index in [4.69, 9.17) is 14.2 Å². The third-order valence-electron chi connectivity index (χ3n) is 9.60. The second-order valence-corrected chi connectivity index (χ2v) is 15.9. The van der Waals surface area contributed by atoms with Crippen LogP contribution in [-0.4, -0.2) is 80.6 Å². The molecule has 1 N–H and O–H groups in total. The number of esters is 2.